The first-order valence-electron chi connectivity index (χ1n) is 9.16. The summed E-state index contributed by atoms with van der Waals surface area (Å²) in [7, 11) is 3.12. The number of nitrogens with one attached hydrogen (secondary N) is 1. The van der Waals surface area contributed by atoms with Crippen LogP contribution in [0.15, 0.2) is 10.2 Å². The Kier molecular flexibility index (Phi) is 4.75. The Hall–Kier alpha value is -2.26. The van der Waals surface area contributed by atoms with Gasteiger partial charge in [-0.15, -0.1) is 11.3 Å². The number of halogens is 2. The van der Waals surface area contributed by atoms with E-state index in [2.05, 4.69) is 5.32 Å². The minimum absolute atomic E-state index is 0.0158. The van der Waals surface area contributed by atoms with Crippen molar-refractivity contribution in [2.24, 2.45) is 5.92 Å². The number of aromatic carboxylic acids is 1. The topological polar surface area (TPSA) is 72.9 Å². The van der Waals surface area contributed by atoms with Crippen LogP contribution in [0, 0.1) is 17.6 Å². The molecule has 0 unspecified atom stereocenters. The highest BCUT2D eigenvalue weighted by Gasteiger charge is 2.38. The average molecular weight is 409 g/mol. The van der Waals surface area contributed by atoms with E-state index in [0.717, 1.165) is 36.1 Å². The van der Waals surface area contributed by atoms with Crippen molar-refractivity contribution in [1.29, 1.82) is 0 Å². The maximum Gasteiger partial charge on any atom is 0.340 e. The molecule has 0 bridgehead atoms. The Morgan fingerprint density at radius 3 is 2.71 bits per heavy atom. The normalized spacial score (nSPS) is 21.8. The second-order valence-corrected chi connectivity index (χ2v) is 8.45. The zero-order chi connectivity index (χ0) is 20.2. The fraction of sp³-hybridized carbons (Fsp3) is 0.474. The van der Waals surface area contributed by atoms with Crippen molar-refractivity contribution in [3.05, 3.63) is 32.8 Å². The van der Waals surface area contributed by atoms with Crippen LogP contribution in [0.4, 0.5) is 20.2 Å². The van der Waals surface area contributed by atoms with Gasteiger partial charge in [0.2, 0.25) is 5.43 Å². The molecule has 28 heavy (non-hydrogen) atoms. The van der Waals surface area contributed by atoms with Gasteiger partial charge in [-0.3, -0.25) is 4.79 Å². The summed E-state index contributed by atoms with van der Waals surface area (Å²) in [6, 6.07) is 0.194. The predicted octanol–water partition coefficient (Wildman–Crippen LogP) is 2.49. The molecule has 2 N–H and O–H groups in total. The highest BCUT2D eigenvalue weighted by atomic mass is 32.1. The summed E-state index contributed by atoms with van der Waals surface area (Å²) in [4.78, 5) is 27.1. The lowest BCUT2D eigenvalue weighted by Gasteiger charge is -2.25. The van der Waals surface area contributed by atoms with Gasteiger partial charge in [-0.25, -0.2) is 13.6 Å². The van der Waals surface area contributed by atoms with Crippen molar-refractivity contribution in [2.75, 3.05) is 43.5 Å². The number of carboxylic acid groups (broad SMARTS) is 1. The molecule has 0 aliphatic carbocycles. The smallest absolute Gasteiger partial charge is 0.340 e. The summed E-state index contributed by atoms with van der Waals surface area (Å²) in [5, 5.41) is 13.6. The molecule has 0 spiro atoms. The molecule has 1 aromatic carbocycles. The standard InChI is InChI=1S/C19H21F2N3O3S/c1-23(2)15-12-17(25)10(19(26)27)8-28-18(12)14(21)16(13(15)20)24-6-9-4-3-5-22-11(9)7-24/h8-9,11,22H,3-7H2,1-2H3,(H,26,27)/t9-,11+/m0/s1. The summed E-state index contributed by atoms with van der Waals surface area (Å²) >= 11 is 0.820. The van der Waals surface area contributed by atoms with Crippen molar-refractivity contribution in [3.8, 4) is 0 Å². The SMILES string of the molecule is CN(C)c1c(F)c(N2C[C@@H]3CCCN[C@@H]3C2)c(F)c2scc(C(=O)O)c(=O)c12. The zero-order valence-electron chi connectivity index (χ0n) is 15.6. The van der Waals surface area contributed by atoms with Crippen LogP contribution in [0.1, 0.15) is 23.2 Å². The summed E-state index contributed by atoms with van der Waals surface area (Å²) < 4.78 is 30.9. The Morgan fingerprint density at radius 2 is 2.07 bits per heavy atom. The van der Waals surface area contributed by atoms with Gasteiger partial charge in [0.25, 0.3) is 0 Å². The first-order valence-corrected chi connectivity index (χ1v) is 10.0. The van der Waals surface area contributed by atoms with E-state index in [-0.39, 0.29) is 27.5 Å². The summed E-state index contributed by atoms with van der Waals surface area (Å²) in [6.45, 7) is 1.95. The third-order valence-corrected chi connectivity index (χ3v) is 6.62. The number of carboxylic acids is 1. The Morgan fingerprint density at radius 1 is 1.32 bits per heavy atom. The molecule has 9 heteroatoms. The van der Waals surface area contributed by atoms with Gasteiger partial charge >= 0.3 is 5.97 Å². The van der Waals surface area contributed by atoms with Crippen molar-refractivity contribution in [3.63, 3.8) is 0 Å². The van der Waals surface area contributed by atoms with E-state index >= 15 is 8.78 Å². The highest BCUT2D eigenvalue weighted by Crippen LogP contribution is 2.41. The lowest BCUT2D eigenvalue weighted by molar-refractivity contribution is 0.0696. The number of benzene rings is 1. The predicted molar refractivity (Wildman–Crippen MR) is 106 cm³/mol. The Bertz CT molecular complexity index is 1010. The second kappa shape index (κ2) is 6.97. The van der Waals surface area contributed by atoms with E-state index in [1.54, 1.807) is 19.0 Å². The Balaban J connectivity index is 1.95. The maximum absolute atomic E-state index is 15.5. The van der Waals surface area contributed by atoms with E-state index < -0.39 is 28.6 Å². The molecule has 2 aliphatic heterocycles. The van der Waals surface area contributed by atoms with Crippen LogP contribution in [0.3, 0.4) is 0 Å². The van der Waals surface area contributed by atoms with Crippen LogP contribution in [0.5, 0.6) is 0 Å². The van der Waals surface area contributed by atoms with E-state index in [9.17, 15) is 14.7 Å². The minimum atomic E-state index is -1.41. The van der Waals surface area contributed by atoms with Crippen molar-refractivity contribution < 1.29 is 18.7 Å². The van der Waals surface area contributed by atoms with Crippen LogP contribution in [0.25, 0.3) is 10.1 Å². The lowest BCUT2D eigenvalue weighted by atomic mass is 9.94. The minimum Gasteiger partial charge on any atom is -0.478 e. The van der Waals surface area contributed by atoms with Gasteiger partial charge in [-0.2, -0.15) is 0 Å². The van der Waals surface area contributed by atoms with E-state index in [0.29, 0.717) is 19.0 Å². The lowest BCUT2D eigenvalue weighted by Crippen LogP contribution is -2.40. The molecule has 0 radical (unpaired) electrons. The fourth-order valence-corrected chi connectivity index (χ4v) is 5.30. The zero-order valence-corrected chi connectivity index (χ0v) is 16.4. The molecule has 1 aromatic heterocycles. The number of nitrogens with zero attached hydrogens (tertiary/aromatic N) is 2. The molecule has 6 nitrogen and oxygen atoms in total. The van der Waals surface area contributed by atoms with Crippen LogP contribution in [-0.4, -0.2) is 50.8 Å². The number of rotatable bonds is 3. The van der Waals surface area contributed by atoms with Gasteiger partial charge < -0.3 is 20.2 Å². The first kappa shape index (κ1) is 19.1. The van der Waals surface area contributed by atoms with Gasteiger partial charge in [0, 0.05) is 38.6 Å². The molecule has 4 rings (SSSR count). The molecule has 2 fully saturated rings. The number of carbonyl (C=O) groups is 1. The molecule has 2 atom stereocenters. The summed E-state index contributed by atoms with van der Waals surface area (Å²) in [6.07, 6.45) is 2.06. The summed E-state index contributed by atoms with van der Waals surface area (Å²) in [5.74, 6) is -2.69. The molecule has 3 heterocycles. The molecular weight excluding hydrogens is 388 g/mol. The van der Waals surface area contributed by atoms with Gasteiger partial charge in [0.05, 0.1) is 15.8 Å². The molecule has 0 amide bonds. The third kappa shape index (κ3) is 2.84. The van der Waals surface area contributed by atoms with Crippen LogP contribution in [-0.2, 0) is 0 Å². The van der Waals surface area contributed by atoms with E-state index in [4.69, 9.17) is 0 Å². The van der Waals surface area contributed by atoms with Gasteiger partial charge in [0.1, 0.15) is 11.3 Å². The number of anilines is 2. The molecule has 2 saturated heterocycles. The van der Waals surface area contributed by atoms with Crippen LogP contribution < -0.4 is 20.5 Å². The van der Waals surface area contributed by atoms with Crippen molar-refractivity contribution >= 4 is 38.8 Å². The third-order valence-electron chi connectivity index (χ3n) is 5.65. The number of piperidine rings is 1. The number of fused-ring (bicyclic) bond motifs is 2. The molecule has 0 saturated carbocycles. The van der Waals surface area contributed by atoms with Gasteiger partial charge in [-0.1, -0.05) is 0 Å². The summed E-state index contributed by atoms with van der Waals surface area (Å²) in [5.41, 5.74) is -1.56. The number of hydrogen-bond acceptors (Lipinski definition) is 6. The van der Waals surface area contributed by atoms with E-state index in [1.165, 1.54) is 4.90 Å². The monoisotopic (exact) mass is 409 g/mol. The van der Waals surface area contributed by atoms with Crippen molar-refractivity contribution in [1.82, 2.24) is 5.32 Å². The molecule has 2 aliphatic rings. The number of hydrogen-bond donors (Lipinski definition) is 2. The molecule has 150 valence electrons. The van der Waals surface area contributed by atoms with E-state index in [1.807, 2.05) is 0 Å². The van der Waals surface area contributed by atoms with Crippen molar-refractivity contribution in [2.45, 2.75) is 18.9 Å². The van der Waals surface area contributed by atoms with Gasteiger partial charge in [-0.05, 0) is 25.3 Å². The average Bonchev–Trinajstić information content (AvgIpc) is 3.05. The highest BCUT2D eigenvalue weighted by molar-refractivity contribution is 7.17. The fourth-order valence-electron chi connectivity index (χ4n) is 4.34. The quantitative estimate of drug-likeness (QED) is 0.812. The molecule has 2 aromatic rings. The van der Waals surface area contributed by atoms with Gasteiger partial charge in [0.15, 0.2) is 11.6 Å². The largest absolute Gasteiger partial charge is 0.478 e. The van der Waals surface area contributed by atoms with Crippen LogP contribution in [0.2, 0.25) is 0 Å². The Labute approximate surface area is 164 Å². The first-order chi connectivity index (χ1) is 13.3. The maximum atomic E-state index is 15.5. The second-order valence-electron chi connectivity index (χ2n) is 7.58. The molecular formula is C19H21F2N3O3S. The van der Waals surface area contributed by atoms with Crippen LogP contribution >= 0.6 is 11.3 Å².